The molecule has 1 heterocycles. The summed E-state index contributed by atoms with van der Waals surface area (Å²) in [7, 11) is 0. The molecule has 2 rings (SSSR count). The maximum atomic E-state index is 13.1. The molecule has 1 aliphatic heterocycles. The van der Waals surface area contributed by atoms with Crippen LogP contribution in [-0.2, 0) is 11.2 Å². The van der Waals surface area contributed by atoms with E-state index in [2.05, 4.69) is 21.4 Å². The Morgan fingerprint density at radius 1 is 1.59 bits per heavy atom. The van der Waals surface area contributed by atoms with Crippen molar-refractivity contribution in [2.24, 2.45) is 11.8 Å². The minimum absolute atomic E-state index is 0.176. The number of rotatable bonds is 4. The van der Waals surface area contributed by atoms with Crippen LogP contribution in [0.15, 0.2) is 22.7 Å². The lowest BCUT2D eigenvalue weighted by molar-refractivity contribution is 0.176. The van der Waals surface area contributed by atoms with Crippen LogP contribution in [-0.4, -0.2) is 19.3 Å². The molecule has 1 aromatic carbocycles. The highest BCUT2D eigenvalue weighted by molar-refractivity contribution is 9.10. The van der Waals surface area contributed by atoms with Crippen LogP contribution in [0.4, 0.5) is 4.39 Å². The first kappa shape index (κ1) is 13.0. The highest BCUT2D eigenvalue weighted by atomic mass is 79.9. The molecule has 1 fully saturated rings. The van der Waals surface area contributed by atoms with E-state index in [1.54, 1.807) is 12.1 Å². The predicted octanol–water partition coefficient (Wildman–Crippen LogP) is 2.00. The third-order valence-corrected chi connectivity index (χ3v) is 3.80. The standard InChI is InChI=1S/C12H16BrFN2O/c13-10-5-8(1-2-11(10)14)6-12(16-15)9-3-4-17-7-9/h1-2,5,9,12,16H,3-4,6-7,15H2. The third-order valence-electron chi connectivity index (χ3n) is 3.19. The molecule has 1 aromatic rings. The largest absolute Gasteiger partial charge is 0.381 e. The SMILES string of the molecule is NNC(Cc1ccc(F)c(Br)c1)C1CCOC1. The summed E-state index contributed by atoms with van der Waals surface area (Å²) < 4.78 is 19.0. The molecule has 0 spiro atoms. The van der Waals surface area contributed by atoms with Gasteiger partial charge in [0.25, 0.3) is 0 Å². The van der Waals surface area contributed by atoms with Crippen molar-refractivity contribution >= 4 is 15.9 Å². The highest BCUT2D eigenvalue weighted by Gasteiger charge is 2.25. The maximum Gasteiger partial charge on any atom is 0.137 e. The molecular weight excluding hydrogens is 287 g/mol. The van der Waals surface area contributed by atoms with Gasteiger partial charge in [0, 0.05) is 18.6 Å². The van der Waals surface area contributed by atoms with Crippen molar-refractivity contribution in [1.82, 2.24) is 5.43 Å². The van der Waals surface area contributed by atoms with Gasteiger partial charge in [-0.15, -0.1) is 0 Å². The second kappa shape index (κ2) is 5.91. The van der Waals surface area contributed by atoms with Gasteiger partial charge in [0.05, 0.1) is 11.1 Å². The predicted molar refractivity (Wildman–Crippen MR) is 67.8 cm³/mol. The zero-order valence-corrected chi connectivity index (χ0v) is 11.0. The topological polar surface area (TPSA) is 47.3 Å². The van der Waals surface area contributed by atoms with Crippen LogP contribution < -0.4 is 11.3 Å². The first-order chi connectivity index (χ1) is 8.20. The average molecular weight is 303 g/mol. The summed E-state index contributed by atoms with van der Waals surface area (Å²) in [5, 5.41) is 0. The molecule has 3 nitrogen and oxygen atoms in total. The molecule has 0 amide bonds. The van der Waals surface area contributed by atoms with Gasteiger partial charge < -0.3 is 4.74 Å². The zero-order valence-electron chi connectivity index (χ0n) is 9.46. The fourth-order valence-electron chi connectivity index (χ4n) is 2.15. The van der Waals surface area contributed by atoms with Gasteiger partial charge in [-0.1, -0.05) is 6.07 Å². The van der Waals surface area contributed by atoms with Crippen molar-refractivity contribution in [3.63, 3.8) is 0 Å². The van der Waals surface area contributed by atoms with E-state index in [1.165, 1.54) is 6.07 Å². The van der Waals surface area contributed by atoms with Gasteiger partial charge in [0.2, 0.25) is 0 Å². The summed E-state index contributed by atoms with van der Waals surface area (Å²) in [4.78, 5) is 0. The van der Waals surface area contributed by atoms with Gasteiger partial charge in [0.1, 0.15) is 5.82 Å². The number of hydrogen-bond donors (Lipinski definition) is 2. The maximum absolute atomic E-state index is 13.1. The Hall–Kier alpha value is -0.490. The summed E-state index contributed by atoms with van der Waals surface area (Å²) in [6.07, 6.45) is 1.81. The summed E-state index contributed by atoms with van der Waals surface area (Å²) in [6, 6.07) is 5.24. The lowest BCUT2D eigenvalue weighted by atomic mass is 9.93. The van der Waals surface area contributed by atoms with E-state index in [4.69, 9.17) is 10.6 Å². The van der Waals surface area contributed by atoms with Crippen LogP contribution in [0.2, 0.25) is 0 Å². The molecule has 1 saturated heterocycles. The van der Waals surface area contributed by atoms with E-state index in [0.29, 0.717) is 10.4 Å². The van der Waals surface area contributed by atoms with Crippen molar-refractivity contribution < 1.29 is 9.13 Å². The molecular formula is C12H16BrFN2O. The number of hydrazine groups is 1. The monoisotopic (exact) mass is 302 g/mol. The van der Waals surface area contributed by atoms with Gasteiger partial charge in [-0.3, -0.25) is 11.3 Å². The zero-order chi connectivity index (χ0) is 12.3. The Morgan fingerprint density at radius 3 is 3.00 bits per heavy atom. The second-order valence-electron chi connectivity index (χ2n) is 4.35. The molecule has 94 valence electrons. The molecule has 2 atom stereocenters. The minimum atomic E-state index is -0.241. The highest BCUT2D eigenvalue weighted by Crippen LogP contribution is 2.22. The fourth-order valence-corrected chi connectivity index (χ4v) is 2.58. The fraction of sp³-hybridized carbons (Fsp3) is 0.500. The smallest absolute Gasteiger partial charge is 0.137 e. The number of nitrogens with two attached hydrogens (primary N) is 1. The Labute approximate surface area is 109 Å². The van der Waals surface area contributed by atoms with Crippen LogP contribution in [0.5, 0.6) is 0 Å². The quantitative estimate of drug-likeness (QED) is 0.661. The van der Waals surface area contributed by atoms with Crippen LogP contribution in [0, 0.1) is 11.7 Å². The number of halogens is 2. The first-order valence-corrected chi connectivity index (χ1v) is 6.48. The van der Waals surface area contributed by atoms with Crippen LogP contribution in [0.25, 0.3) is 0 Å². The van der Waals surface area contributed by atoms with E-state index in [1.807, 2.05) is 0 Å². The number of ether oxygens (including phenoxy) is 1. The van der Waals surface area contributed by atoms with E-state index in [9.17, 15) is 4.39 Å². The Kier molecular flexibility index (Phi) is 4.50. The molecule has 1 aliphatic rings. The van der Waals surface area contributed by atoms with E-state index >= 15 is 0 Å². The van der Waals surface area contributed by atoms with Crippen LogP contribution in [0.3, 0.4) is 0 Å². The van der Waals surface area contributed by atoms with Gasteiger partial charge >= 0.3 is 0 Å². The average Bonchev–Trinajstić information content (AvgIpc) is 2.84. The Bertz CT molecular complexity index is 383. The number of nitrogens with one attached hydrogen (secondary N) is 1. The van der Waals surface area contributed by atoms with E-state index < -0.39 is 0 Å². The van der Waals surface area contributed by atoms with Gasteiger partial charge in [-0.25, -0.2) is 4.39 Å². The number of hydrogen-bond acceptors (Lipinski definition) is 3. The molecule has 0 aliphatic carbocycles. The van der Waals surface area contributed by atoms with Gasteiger partial charge in [0.15, 0.2) is 0 Å². The third kappa shape index (κ3) is 3.25. The second-order valence-corrected chi connectivity index (χ2v) is 5.20. The van der Waals surface area contributed by atoms with Gasteiger partial charge in [-0.05, 0) is 46.5 Å². The molecule has 0 saturated carbocycles. The molecule has 0 bridgehead atoms. The minimum Gasteiger partial charge on any atom is -0.381 e. The normalized spacial score (nSPS) is 21.7. The van der Waals surface area contributed by atoms with Crippen LogP contribution >= 0.6 is 15.9 Å². The summed E-state index contributed by atoms with van der Waals surface area (Å²) in [6.45, 7) is 1.55. The first-order valence-electron chi connectivity index (χ1n) is 5.68. The molecule has 2 unspecified atom stereocenters. The molecule has 0 aromatic heterocycles. The molecule has 0 radical (unpaired) electrons. The van der Waals surface area contributed by atoms with Crippen molar-refractivity contribution in [3.05, 3.63) is 34.1 Å². The van der Waals surface area contributed by atoms with Crippen LogP contribution in [0.1, 0.15) is 12.0 Å². The van der Waals surface area contributed by atoms with Crippen molar-refractivity contribution in [2.45, 2.75) is 18.9 Å². The van der Waals surface area contributed by atoms with E-state index in [-0.39, 0.29) is 11.9 Å². The summed E-state index contributed by atoms with van der Waals surface area (Å²) in [5.74, 6) is 5.77. The van der Waals surface area contributed by atoms with Crippen molar-refractivity contribution in [3.8, 4) is 0 Å². The lowest BCUT2D eigenvalue weighted by Crippen LogP contribution is -2.42. The molecule has 3 N–H and O–H groups in total. The summed E-state index contributed by atoms with van der Waals surface area (Å²) in [5.41, 5.74) is 3.90. The molecule has 5 heteroatoms. The van der Waals surface area contributed by atoms with E-state index in [0.717, 1.165) is 31.6 Å². The molecule has 17 heavy (non-hydrogen) atoms. The lowest BCUT2D eigenvalue weighted by Gasteiger charge is -2.21. The van der Waals surface area contributed by atoms with Gasteiger partial charge in [-0.2, -0.15) is 0 Å². The Morgan fingerprint density at radius 2 is 2.41 bits per heavy atom. The Balaban J connectivity index is 2.04. The van der Waals surface area contributed by atoms with Crippen molar-refractivity contribution in [2.75, 3.05) is 13.2 Å². The van der Waals surface area contributed by atoms with Crippen molar-refractivity contribution in [1.29, 1.82) is 0 Å². The number of benzene rings is 1. The summed E-state index contributed by atoms with van der Waals surface area (Å²) >= 11 is 3.19.